The number of hydrogen-bond donors (Lipinski definition) is 2. The van der Waals surface area contributed by atoms with E-state index in [9.17, 15) is 9.59 Å². The molecule has 1 aliphatic rings. The van der Waals surface area contributed by atoms with Crippen LogP contribution in [0.3, 0.4) is 0 Å². The van der Waals surface area contributed by atoms with Crippen molar-refractivity contribution in [3.8, 4) is 5.75 Å². The minimum absolute atomic E-state index is 0.0584. The van der Waals surface area contributed by atoms with E-state index in [-0.39, 0.29) is 17.7 Å². The average Bonchev–Trinajstić information content (AvgIpc) is 3.51. The van der Waals surface area contributed by atoms with Gasteiger partial charge in [0.2, 0.25) is 5.91 Å². The van der Waals surface area contributed by atoms with Gasteiger partial charge in [-0.15, -0.1) is 0 Å². The second kappa shape index (κ2) is 7.82. The van der Waals surface area contributed by atoms with E-state index in [0.29, 0.717) is 17.0 Å². The first-order chi connectivity index (χ1) is 12.6. The van der Waals surface area contributed by atoms with Gasteiger partial charge < -0.3 is 10.1 Å². The number of amides is 2. The van der Waals surface area contributed by atoms with Gasteiger partial charge in [-0.05, 0) is 55.7 Å². The lowest BCUT2D eigenvalue weighted by atomic mass is 10.1. The van der Waals surface area contributed by atoms with E-state index in [4.69, 9.17) is 4.74 Å². The van der Waals surface area contributed by atoms with Crippen molar-refractivity contribution < 1.29 is 14.3 Å². The number of anilines is 1. The molecule has 2 aromatic carbocycles. The van der Waals surface area contributed by atoms with Crippen LogP contribution < -0.4 is 15.5 Å². The number of rotatable bonds is 6. The molecule has 0 aliphatic heterocycles. The Labute approximate surface area is 152 Å². The number of methoxy groups -OCH3 is 1. The second-order valence-corrected chi connectivity index (χ2v) is 6.21. The summed E-state index contributed by atoms with van der Waals surface area (Å²) in [6.07, 6.45) is 1.92. The molecule has 0 aromatic heterocycles. The lowest BCUT2D eigenvalue weighted by Crippen LogP contribution is -2.19. The summed E-state index contributed by atoms with van der Waals surface area (Å²) in [5.74, 6) is 0.498. The molecule has 6 heteroatoms. The SMILES string of the molecule is COc1cccc(C(=O)N/N=C(/C)c2cccc(NC(=O)C3CC3)c2)c1. The van der Waals surface area contributed by atoms with Crippen LogP contribution in [0.2, 0.25) is 0 Å². The highest BCUT2D eigenvalue weighted by molar-refractivity contribution is 6.02. The van der Waals surface area contributed by atoms with Gasteiger partial charge in [0.05, 0.1) is 12.8 Å². The third-order valence-electron chi connectivity index (χ3n) is 4.15. The quantitative estimate of drug-likeness (QED) is 0.619. The van der Waals surface area contributed by atoms with Gasteiger partial charge in [0.25, 0.3) is 5.91 Å². The second-order valence-electron chi connectivity index (χ2n) is 6.21. The zero-order valence-corrected chi connectivity index (χ0v) is 14.8. The summed E-state index contributed by atoms with van der Waals surface area (Å²) in [5, 5.41) is 7.06. The van der Waals surface area contributed by atoms with Crippen molar-refractivity contribution in [2.45, 2.75) is 19.8 Å². The molecule has 2 amide bonds. The van der Waals surface area contributed by atoms with Crippen molar-refractivity contribution in [3.05, 3.63) is 59.7 Å². The Morgan fingerprint density at radius 3 is 2.54 bits per heavy atom. The van der Waals surface area contributed by atoms with Crippen molar-refractivity contribution in [1.29, 1.82) is 0 Å². The Bertz CT molecular complexity index is 857. The average molecular weight is 351 g/mol. The molecule has 0 unspecified atom stereocenters. The lowest BCUT2D eigenvalue weighted by Gasteiger charge is -2.08. The standard InChI is InChI=1S/C20H21N3O3/c1-13(22-23-20(25)16-6-4-8-18(12-16)26-2)15-5-3-7-17(11-15)21-19(24)14-9-10-14/h3-8,11-12,14H,9-10H2,1-2H3,(H,21,24)(H,23,25)/b22-13-. The summed E-state index contributed by atoms with van der Waals surface area (Å²) >= 11 is 0. The van der Waals surface area contributed by atoms with E-state index >= 15 is 0 Å². The van der Waals surface area contributed by atoms with Crippen LogP contribution in [0.1, 0.15) is 35.7 Å². The van der Waals surface area contributed by atoms with Gasteiger partial charge in [0, 0.05) is 17.2 Å². The van der Waals surface area contributed by atoms with Crippen LogP contribution in [-0.2, 0) is 4.79 Å². The summed E-state index contributed by atoms with van der Waals surface area (Å²) in [7, 11) is 1.55. The minimum Gasteiger partial charge on any atom is -0.497 e. The number of carbonyl (C=O) groups is 2. The third-order valence-corrected chi connectivity index (χ3v) is 4.15. The van der Waals surface area contributed by atoms with Crippen molar-refractivity contribution >= 4 is 23.2 Å². The molecular formula is C20H21N3O3. The lowest BCUT2D eigenvalue weighted by molar-refractivity contribution is -0.117. The molecule has 0 atom stereocenters. The zero-order valence-electron chi connectivity index (χ0n) is 14.8. The van der Waals surface area contributed by atoms with E-state index in [1.807, 2.05) is 24.3 Å². The third kappa shape index (κ3) is 4.47. The molecule has 3 rings (SSSR count). The van der Waals surface area contributed by atoms with E-state index in [0.717, 1.165) is 24.1 Å². The number of hydrogen-bond acceptors (Lipinski definition) is 4. The highest BCUT2D eigenvalue weighted by Gasteiger charge is 2.29. The van der Waals surface area contributed by atoms with Gasteiger partial charge in [0.15, 0.2) is 0 Å². The van der Waals surface area contributed by atoms with Gasteiger partial charge in [-0.1, -0.05) is 18.2 Å². The maximum Gasteiger partial charge on any atom is 0.271 e. The van der Waals surface area contributed by atoms with E-state index in [2.05, 4.69) is 15.8 Å². The maximum absolute atomic E-state index is 12.2. The Hall–Kier alpha value is -3.15. The van der Waals surface area contributed by atoms with Crippen LogP contribution in [-0.4, -0.2) is 24.6 Å². The van der Waals surface area contributed by atoms with E-state index in [1.54, 1.807) is 38.3 Å². The minimum atomic E-state index is -0.318. The molecule has 1 fully saturated rings. The van der Waals surface area contributed by atoms with Gasteiger partial charge in [-0.2, -0.15) is 5.10 Å². The first-order valence-electron chi connectivity index (χ1n) is 8.47. The molecule has 0 saturated heterocycles. The van der Waals surface area contributed by atoms with Crippen molar-refractivity contribution in [2.75, 3.05) is 12.4 Å². The Morgan fingerprint density at radius 1 is 1.08 bits per heavy atom. The van der Waals surface area contributed by atoms with Crippen LogP contribution in [0, 0.1) is 5.92 Å². The highest BCUT2D eigenvalue weighted by atomic mass is 16.5. The largest absolute Gasteiger partial charge is 0.497 e. The molecule has 0 radical (unpaired) electrons. The molecule has 2 N–H and O–H groups in total. The Balaban J connectivity index is 1.66. The maximum atomic E-state index is 12.2. The normalized spacial score (nSPS) is 13.8. The molecule has 1 aliphatic carbocycles. The summed E-state index contributed by atoms with van der Waals surface area (Å²) in [4.78, 5) is 24.1. The number of ether oxygens (including phenoxy) is 1. The molecule has 0 heterocycles. The zero-order chi connectivity index (χ0) is 18.5. The summed E-state index contributed by atoms with van der Waals surface area (Å²) < 4.78 is 5.12. The van der Waals surface area contributed by atoms with Gasteiger partial charge >= 0.3 is 0 Å². The summed E-state index contributed by atoms with van der Waals surface area (Å²) in [6, 6.07) is 14.3. The number of nitrogens with one attached hydrogen (secondary N) is 2. The van der Waals surface area contributed by atoms with Gasteiger partial charge in [-0.3, -0.25) is 9.59 Å². The number of nitrogens with zero attached hydrogens (tertiary/aromatic N) is 1. The molecular weight excluding hydrogens is 330 g/mol. The van der Waals surface area contributed by atoms with Gasteiger partial charge in [-0.25, -0.2) is 5.43 Å². The van der Waals surface area contributed by atoms with Crippen molar-refractivity contribution in [3.63, 3.8) is 0 Å². The molecule has 0 bridgehead atoms. The number of carbonyl (C=O) groups excluding carboxylic acids is 2. The van der Waals surface area contributed by atoms with E-state index in [1.165, 1.54) is 0 Å². The van der Waals surface area contributed by atoms with Crippen molar-refractivity contribution in [2.24, 2.45) is 11.0 Å². The monoisotopic (exact) mass is 351 g/mol. The Morgan fingerprint density at radius 2 is 1.81 bits per heavy atom. The molecule has 6 nitrogen and oxygen atoms in total. The summed E-state index contributed by atoms with van der Waals surface area (Å²) in [5.41, 5.74) is 5.20. The predicted octanol–water partition coefficient (Wildman–Crippen LogP) is 3.20. The summed E-state index contributed by atoms with van der Waals surface area (Å²) in [6.45, 7) is 1.80. The molecule has 1 saturated carbocycles. The van der Waals surface area contributed by atoms with Gasteiger partial charge in [0.1, 0.15) is 5.75 Å². The van der Waals surface area contributed by atoms with Crippen LogP contribution >= 0.6 is 0 Å². The van der Waals surface area contributed by atoms with Crippen LogP contribution in [0.4, 0.5) is 5.69 Å². The topological polar surface area (TPSA) is 79.8 Å². The molecule has 26 heavy (non-hydrogen) atoms. The first-order valence-corrected chi connectivity index (χ1v) is 8.47. The molecule has 2 aromatic rings. The fourth-order valence-corrected chi connectivity index (χ4v) is 2.44. The van der Waals surface area contributed by atoms with E-state index < -0.39 is 0 Å². The highest BCUT2D eigenvalue weighted by Crippen LogP contribution is 2.30. The Kier molecular flexibility index (Phi) is 5.31. The molecule has 134 valence electrons. The van der Waals surface area contributed by atoms with Crippen LogP contribution in [0.25, 0.3) is 0 Å². The first kappa shape index (κ1) is 17.7. The smallest absolute Gasteiger partial charge is 0.271 e. The fourth-order valence-electron chi connectivity index (χ4n) is 2.44. The number of benzene rings is 2. The molecule has 0 spiro atoms. The number of hydrazone groups is 1. The predicted molar refractivity (Wildman–Crippen MR) is 100 cm³/mol. The van der Waals surface area contributed by atoms with Crippen LogP contribution in [0.5, 0.6) is 5.75 Å². The van der Waals surface area contributed by atoms with Crippen molar-refractivity contribution in [1.82, 2.24) is 5.43 Å². The fraction of sp³-hybridized carbons (Fsp3) is 0.250. The van der Waals surface area contributed by atoms with Crippen LogP contribution in [0.15, 0.2) is 53.6 Å².